The van der Waals surface area contributed by atoms with Crippen molar-refractivity contribution in [2.24, 2.45) is 22.9 Å². The standard InChI is InChI=1S/C30H50N8O14S4/c1-53-9-7-15(31)24(45)30(29(52)36-12-23(43)44,38(26(47)16(32)8-10-54-2)21(40)6-4-18(34)28(50)51)14-56-55-13-19(25(46)35-11-22(41)42)37-20(39)5-3-17(33)27(48)49/h15-19H,3-14,31-34H2,1-2H3,(H,35,46)(H,36,52)(H,37,39)(H,41,42)(H,43,44)(H,48,49)(H,50,51)/t15?,16?,17-,18-,19-,30+/m0/s1. The molecule has 2 unspecified atom stereocenters. The molecule has 26 heteroatoms. The van der Waals surface area contributed by atoms with Gasteiger partial charge in [0.1, 0.15) is 31.2 Å². The van der Waals surface area contributed by atoms with Gasteiger partial charge in [-0.1, -0.05) is 21.6 Å². The Bertz CT molecular complexity index is 1430. The highest BCUT2D eigenvalue weighted by Gasteiger charge is 2.57. The minimum atomic E-state index is -2.93. The summed E-state index contributed by atoms with van der Waals surface area (Å²) in [5, 5.41) is 43.2. The summed E-state index contributed by atoms with van der Waals surface area (Å²) in [6.45, 7) is -1.95. The Balaban J connectivity index is 7.23. The second-order valence-electron chi connectivity index (χ2n) is 11.9. The van der Waals surface area contributed by atoms with E-state index in [0.717, 1.165) is 0 Å². The molecular formula is C30H50N8O14S4. The Morgan fingerprint density at radius 1 is 0.661 bits per heavy atom. The Kier molecular flexibility index (Phi) is 25.3. The fourth-order valence-corrected chi connectivity index (χ4v) is 8.03. The molecule has 0 aliphatic heterocycles. The van der Waals surface area contributed by atoms with E-state index in [-0.39, 0.29) is 35.7 Å². The van der Waals surface area contributed by atoms with Gasteiger partial charge in [0.05, 0.1) is 12.1 Å². The highest BCUT2D eigenvalue weighted by Crippen LogP contribution is 2.34. The molecule has 22 nitrogen and oxygen atoms in total. The van der Waals surface area contributed by atoms with Gasteiger partial charge in [-0.05, 0) is 49.7 Å². The smallest absolute Gasteiger partial charge is 0.322 e. The lowest BCUT2D eigenvalue weighted by molar-refractivity contribution is -0.164. The third-order valence-electron chi connectivity index (χ3n) is 7.59. The number of imide groups is 1. The number of thioether (sulfide) groups is 2. The number of hydrogen-bond acceptors (Lipinski definition) is 18. The molecule has 0 aliphatic carbocycles. The number of carboxylic acids is 4. The highest BCUT2D eigenvalue weighted by molar-refractivity contribution is 8.76. The number of aliphatic carboxylic acids is 4. The number of carboxylic acid groups (broad SMARTS) is 4. The Morgan fingerprint density at radius 3 is 1.66 bits per heavy atom. The topological polar surface area (TPSA) is 395 Å². The number of nitrogens with one attached hydrogen (secondary N) is 3. The van der Waals surface area contributed by atoms with Crippen molar-refractivity contribution in [2.75, 3.05) is 48.6 Å². The quantitative estimate of drug-likeness (QED) is 0.0189. The van der Waals surface area contributed by atoms with Gasteiger partial charge in [0, 0.05) is 24.3 Å². The first-order valence-electron chi connectivity index (χ1n) is 16.6. The maximum absolute atomic E-state index is 14.5. The predicted octanol–water partition coefficient (Wildman–Crippen LogP) is -3.54. The number of nitrogens with zero attached hydrogens (tertiary/aromatic N) is 1. The van der Waals surface area contributed by atoms with E-state index in [1.807, 2.05) is 5.32 Å². The molecule has 0 radical (unpaired) electrons. The van der Waals surface area contributed by atoms with Crippen molar-refractivity contribution in [2.45, 2.75) is 74.3 Å². The molecule has 0 aromatic heterocycles. The first-order chi connectivity index (χ1) is 26.2. The van der Waals surface area contributed by atoms with E-state index in [1.165, 1.54) is 23.5 Å². The zero-order valence-corrected chi connectivity index (χ0v) is 33.9. The number of carbonyl (C=O) groups is 10. The van der Waals surface area contributed by atoms with E-state index in [9.17, 15) is 58.2 Å². The lowest BCUT2D eigenvalue weighted by atomic mass is 9.85. The van der Waals surface area contributed by atoms with Crippen LogP contribution in [-0.2, 0) is 47.9 Å². The molecule has 0 heterocycles. The lowest BCUT2D eigenvalue weighted by Crippen LogP contribution is -2.72. The Morgan fingerprint density at radius 2 is 1.16 bits per heavy atom. The van der Waals surface area contributed by atoms with Gasteiger partial charge in [-0.15, -0.1) is 0 Å². The average molecular weight is 875 g/mol. The van der Waals surface area contributed by atoms with Crippen LogP contribution in [-0.4, -0.2) is 169 Å². The fourth-order valence-electron chi connectivity index (χ4n) is 4.47. The summed E-state index contributed by atoms with van der Waals surface area (Å²) in [7, 11) is 1.30. The molecule has 15 N–H and O–H groups in total. The number of amides is 5. The Hall–Kier alpha value is -3.66. The van der Waals surface area contributed by atoms with Crippen LogP contribution in [0.5, 0.6) is 0 Å². The van der Waals surface area contributed by atoms with Crippen LogP contribution in [0.3, 0.4) is 0 Å². The number of nitrogens with two attached hydrogens (primary N) is 4. The van der Waals surface area contributed by atoms with E-state index < -0.39 is 139 Å². The molecule has 0 aliphatic rings. The number of hydrogen-bond donors (Lipinski definition) is 11. The van der Waals surface area contributed by atoms with Gasteiger partial charge in [0.25, 0.3) is 5.91 Å². The SMILES string of the molecule is CSCCC(N)C(=O)N(C(=O)CC[C@H](N)C(=O)O)[C@@](CSSC[C@H](NC(=O)CC[C@H](N)C(=O)O)C(=O)NCC(=O)O)(C(=O)NCC(=O)O)C(=O)C(N)CCSC. The first kappa shape index (κ1) is 52.3. The molecule has 0 aromatic rings. The van der Waals surface area contributed by atoms with Crippen molar-refractivity contribution in [3.05, 3.63) is 0 Å². The van der Waals surface area contributed by atoms with Crippen LogP contribution in [0.15, 0.2) is 0 Å². The molecule has 0 fully saturated rings. The third-order valence-corrected chi connectivity index (χ3v) is 11.3. The van der Waals surface area contributed by atoms with Crippen LogP contribution in [0.2, 0.25) is 0 Å². The van der Waals surface area contributed by atoms with Gasteiger partial charge in [0.2, 0.25) is 23.6 Å². The molecule has 0 rings (SSSR count). The van der Waals surface area contributed by atoms with Gasteiger partial charge >= 0.3 is 23.9 Å². The molecule has 56 heavy (non-hydrogen) atoms. The van der Waals surface area contributed by atoms with Crippen molar-refractivity contribution >= 4 is 104 Å². The molecule has 6 atom stereocenters. The number of carbonyl (C=O) groups excluding carboxylic acids is 6. The molecule has 0 aromatic carbocycles. The maximum atomic E-state index is 14.5. The number of Topliss-reactive ketones (excluding diaryl/α,β-unsaturated/α-hetero) is 1. The van der Waals surface area contributed by atoms with Gasteiger partial charge in [-0.25, -0.2) is 0 Å². The highest BCUT2D eigenvalue weighted by atomic mass is 33.1. The molecule has 0 spiro atoms. The van der Waals surface area contributed by atoms with Crippen molar-refractivity contribution in [3.8, 4) is 0 Å². The summed E-state index contributed by atoms with van der Waals surface area (Å²) in [6.07, 6.45) is 1.09. The van der Waals surface area contributed by atoms with Crippen molar-refractivity contribution < 1.29 is 68.4 Å². The van der Waals surface area contributed by atoms with Crippen molar-refractivity contribution in [1.82, 2.24) is 20.9 Å². The zero-order chi connectivity index (χ0) is 43.2. The Labute approximate surface area is 338 Å². The van der Waals surface area contributed by atoms with E-state index >= 15 is 0 Å². The monoisotopic (exact) mass is 874 g/mol. The molecule has 0 saturated heterocycles. The fraction of sp³-hybridized carbons (Fsp3) is 0.667. The largest absolute Gasteiger partial charge is 0.480 e. The normalized spacial score (nSPS) is 14.8. The summed E-state index contributed by atoms with van der Waals surface area (Å²) in [5.41, 5.74) is 20.5. The maximum Gasteiger partial charge on any atom is 0.322 e. The molecule has 0 bridgehead atoms. The summed E-state index contributed by atoms with van der Waals surface area (Å²) < 4.78 is 0. The summed E-state index contributed by atoms with van der Waals surface area (Å²) in [4.78, 5) is 128. The van der Waals surface area contributed by atoms with E-state index in [1.54, 1.807) is 12.5 Å². The second kappa shape index (κ2) is 27.1. The predicted molar refractivity (Wildman–Crippen MR) is 209 cm³/mol. The second-order valence-corrected chi connectivity index (χ2v) is 16.4. The summed E-state index contributed by atoms with van der Waals surface area (Å²) >= 11 is 2.55. The van der Waals surface area contributed by atoms with Crippen LogP contribution in [0.4, 0.5) is 0 Å². The summed E-state index contributed by atoms with van der Waals surface area (Å²) in [6, 6.07) is -7.58. The molecule has 318 valence electrons. The van der Waals surface area contributed by atoms with Gasteiger partial charge in [-0.3, -0.25) is 52.8 Å². The van der Waals surface area contributed by atoms with Crippen molar-refractivity contribution in [3.63, 3.8) is 0 Å². The molecule has 0 saturated carbocycles. The lowest BCUT2D eigenvalue weighted by Gasteiger charge is -2.42. The van der Waals surface area contributed by atoms with Gasteiger partial charge in [0.15, 0.2) is 11.3 Å². The van der Waals surface area contributed by atoms with Gasteiger partial charge < -0.3 is 59.3 Å². The zero-order valence-electron chi connectivity index (χ0n) is 30.6. The summed E-state index contributed by atoms with van der Waals surface area (Å²) in [5.74, 6) is -13.6. The third kappa shape index (κ3) is 18.1. The van der Waals surface area contributed by atoms with E-state index in [2.05, 4.69) is 10.6 Å². The number of rotatable bonds is 30. The minimum absolute atomic E-state index is 0.0654. The van der Waals surface area contributed by atoms with Crippen LogP contribution >= 0.6 is 45.1 Å². The average Bonchev–Trinajstić information content (AvgIpc) is 3.14. The van der Waals surface area contributed by atoms with E-state index in [4.69, 9.17) is 33.1 Å². The minimum Gasteiger partial charge on any atom is -0.480 e. The number of ketones is 1. The van der Waals surface area contributed by atoms with Crippen LogP contribution in [0.25, 0.3) is 0 Å². The van der Waals surface area contributed by atoms with Crippen LogP contribution in [0.1, 0.15) is 38.5 Å². The molecular weight excluding hydrogens is 825 g/mol. The van der Waals surface area contributed by atoms with Gasteiger partial charge in [-0.2, -0.15) is 23.5 Å². The van der Waals surface area contributed by atoms with E-state index in [0.29, 0.717) is 21.6 Å². The van der Waals surface area contributed by atoms with Crippen LogP contribution < -0.4 is 38.9 Å². The van der Waals surface area contributed by atoms with Crippen LogP contribution in [0, 0.1) is 0 Å². The molecule has 5 amide bonds. The first-order valence-corrected chi connectivity index (χ1v) is 21.9. The van der Waals surface area contributed by atoms with Crippen molar-refractivity contribution in [1.29, 1.82) is 0 Å².